The average Bonchev–Trinajstić information content (AvgIpc) is 2.49. The first kappa shape index (κ1) is 17.8. The lowest BCUT2D eigenvalue weighted by atomic mass is 9.82. The Morgan fingerprint density at radius 1 is 1.19 bits per heavy atom. The van der Waals surface area contributed by atoms with Gasteiger partial charge in [0.15, 0.2) is 0 Å². The molecule has 122 valence electrons. The number of urea groups is 1. The number of likely N-dealkylation sites (tertiary alicyclic amines) is 1. The number of hydrogen-bond donors (Lipinski definition) is 2. The lowest BCUT2D eigenvalue weighted by molar-refractivity contribution is -0.149. The topological polar surface area (TPSA) is 69.6 Å². The first-order valence-electron chi connectivity index (χ1n) is 8.25. The van der Waals surface area contributed by atoms with Crippen molar-refractivity contribution in [1.29, 1.82) is 0 Å². The predicted octanol–water partition coefficient (Wildman–Crippen LogP) is 3.10. The highest BCUT2D eigenvalue weighted by Crippen LogP contribution is 2.26. The fourth-order valence-corrected chi connectivity index (χ4v) is 3.07. The molecule has 2 amide bonds. The van der Waals surface area contributed by atoms with Crippen molar-refractivity contribution < 1.29 is 14.7 Å². The number of aliphatic carboxylic acids is 1. The van der Waals surface area contributed by atoms with Gasteiger partial charge in [0.25, 0.3) is 0 Å². The van der Waals surface area contributed by atoms with Gasteiger partial charge in [-0.1, -0.05) is 33.6 Å². The number of nitrogens with zero attached hydrogens (tertiary/aromatic N) is 1. The van der Waals surface area contributed by atoms with Gasteiger partial charge in [-0.15, -0.1) is 0 Å². The minimum atomic E-state index is -0.837. The number of amides is 2. The van der Waals surface area contributed by atoms with E-state index in [0.717, 1.165) is 31.8 Å². The van der Waals surface area contributed by atoms with E-state index in [1.54, 1.807) is 0 Å². The molecule has 1 fully saturated rings. The molecule has 0 aromatic carbocycles. The van der Waals surface area contributed by atoms with Crippen molar-refractivity contribution in [2.45, 2.75) is 59.3 Å². The highest BCUT2D eigenvalue weighted by Gasteiger charge is 2.35. The summed E-state index contributed by atoms with van der Waals surface area (Å²) in [5.41, 5.74) is -0.837. The van der Waals surface area contributed by atoms with Gasteiger partial charge in [-0.05, 0) is 31.6 Å². The summed E-state index contributed by atoms with van der Waals surface area (Å²) in [5, 5.41) is 12.2. The molecule has 1 rings (SSSR count). The van der Waals surface area contributed by atoms with Gasteiger partial charge in [0.1, 0.15) is 0 Å². The van der Waals surface area contributed by atoms with Gasteiger partial charge in [0, 0.05) is 19.6 Å². The number of carbonyl (C=O) groups excluding carboxylic acids is 1. The third-order valence-electron chi connectivity index (χ3n) is 4.98. The van der Waals surface area contributed by atoms with Gasteiger partial charge in [-0.25, -0.2) is 4.79 Å². The van der Waals surface area contributed by atoms with E-state index in [1.165, 1.54) is 12.8 Å². The van der Waals surface area contributed by atoms with Crippen LogP contribution in [0, 0.1) is 11.3 Å². The van der Waals surface area contributed by atoms with Crippen LogP contribution in [-0.2, 0) is 4.79 Å². The van der Waals surface area contributed by atoms with Crippen LogP contribution in [0.3, 0.4) is 0 Å². The Kier molecular flexibility index (Phi) is 6.99. The van der Waals surface area contributed by atoms with E-state index < -0.39 is 11.4 Å². The second kappa shape index (κ2) is 8.25. The molecular weight excluding hydrogens is 268 g/mol. The Morgan fingerprint density at radius 2 is 1.76 bits per heavy atom. The highest BCUT2D eigenvalue weighted by atomic mass is 16.4. The molecule has 0 radical (unpaired) electrons. The molecule has 1 aliphatic heterocycles. The molecule has 1 saturated heterocycles. The van der Waals surface area contributed by atoms with Crippen LogP contribution >= 0.6 is 0 Å². The molecule has 0 spiro atoms. The van der Waals surface area contributed by atoms with Crippen molar-refractivity contribution in [2.24, 2.45) is 11.3 Å². The summed E-state index contributed by atoms with van der Waals surface area (Å²) in [4.78, 5) is 25.4. The lowest BCUT2D eigenvalue weighted by Gasteiger charge is -2.33. The van der Waals surface area contributed by atoms with Crippen LogP contribution in [0.2, 0.25) is 0 Å². The van der Waals surface area contributed by atoms with E-state index >= 15 is 0 Å². The Morgan fingerprint density at radius 3 is 2.19 bits per heavy atom. The van der Waals surface area contributed by atoms with Gasteiger partial charge in [-0.2, -0.15) is 0 Å². The molecule has 21 heavy (non-hydrogen) atoms. The molecule has 5 nitrogen and oxygen atoms in total. The molecule has 0 aliphatic carbocycles. The minimum absolute atomic E-state index is 0.113. The normalized spacial score (nSPS) is 16.8. The zero-order valence-electron chi connectivity index (χ0n) is 13.7. The number of rotatable bonds is 7. The van der Waals surface area contributed by atoms with Crippen molar-refractivity contribution in [3.8, 4) is 0 Å². The quantitative estimate of drug-likeness (QED) is 0.758. The van der Waals surface area contributed by atoms with Crippen LogP contribution in [0.15, 0.2) is 0 Å². The summed E-state index contributed by atoms with van der Waals surface area (Å²) in [6, 6.07) is -0.113. The number of nitrogens with one attached hydrogen (secondary N) is 1. The zero-order chi connectivity index (χ0) is 15.9. The van der Waals surface area contributed by atoms with Crippen LogP contribution in [0.4, 0.5) is 4.79 Å². The SMILES string of the molecule is CCCC1CCN(C(=O)NCC(CC)(CC)C(=O)O)CC1. The minimum Gasteiger partial charge on any atom is -0.481 e. The summed E-state index contributed by atoms with van der Waals surface area (Å²) in [7, 11) is 0. The molecule has 0 saturated carbocycles. The lowest BCUT2D eigenvalue weighted by Crippen LogP contribution is -2.49. The fourth-order valence-electron chi connectivity index (χ4n) is 3.07. The van der Waals surface area contributed by atoms with Crippen molar-refractivity contribution in [2.75, 3.05) is 19.6 Å². The van der Waals surface area contributed by atoms with Gasteiger partial charge < -0.3 is 15.3 Å². The van der Waals surface area contributed by atoms with Crippen LogP contribution in [0.5, 0.6) is 0 Å². The van der Waals surface area contributed by atoms with Crippen molar-refractivity contribution in [3.63, 3.8) is 0 Å². The molecule has 5 heteroatoms. The highest BCUT2D eigenvalue weighted by molar-refractivity contribution is 5.78. The second-order valence-electron chi connectivity index (χ2n) is 6.17. The summed E-state index contributed by atoms with van der Waals surface area (Å²) in [5.74, 6) is -0.0853. The summed E-state index contributed by atoms with van der Waals surface area (Å²) in [6.45, 7) is 7.70. The Hall–Kier alpha value is -1.26. The van der Waals surface area contributed by atoms with Crippen molar-refractivity contribution in [1.82, 2.24) is 10.2 Å². The fraction of sp³-hybridized carbons (Fsp3) is 0.875. The van der Waals surface area contributed by atoms with E-state index in [9.17, 15) is 14.7 Å². The molecular formula is C16H30N2O3. The van der Waals surface area contributed by atoms with Crippen LogP contribution in [0.25, 0.3) is 0 Å². The summed E-state index contributed by atoms with van der Waals surface area (Å²) in [6.07, 6.45) is 5.61. The largest absolute Gasteiger partial charge is 0.481 e. The van der Waals surface area contributed by atoms with Gasteiger partial charge in [-0.3, -0.25) is 4.79 Å². The first-order valence-corrected chi connectivity index (χ1v) is 8.25. The molecule has 0 aromatic heterocycles. The maximum absolute atomic E-state index is 12.2. The molecule has 0 aromatic rings. The van der Waals surface area contributed by atoms with Crippen LogP contribution in [0.1, 0.15) is 59.3 Å². The van der Waals surface area contributed by atoms with Gasteiger partial charge >= 0.3 is 12.0 Å². The maximum atomic E-state index is 12.2. The standard InChI is InChI=1S/C16H30N2O3/c1-4-7-13-8-10-18(11-9-13)15(21)17-12-16(5-2,6-3)14(19)20/h13H,4-12H2,1-3H3,(H,17,21)(H,19,20). The van der Waals surface area contributed by atoms with Crippen LogP contribution in [-0.4, -0.2) is 41.6 Å². The third-order valence-corrected chi connectivity index (χ3v) is 4.98. The van der Waals surface area contributed by atoms with E-state index in [1.807, 2.05) is 18.7 Å². The molecule has 1 aliphatic rings. The Balaban J connectivity index is 2.45. The van der Waals surface area contributed by atoms with E-state index in [2.05, 4.69) is 12.2 Å². The van der Waals surface area contributed by atoms with Crippen molar-refractivity contribution >= 4 is 12.0 Å². The Labute approximate surface area is 128 Å². The zero-order valence-corrected chi connectivity index (χ0v) is 13.7. The summed E-state index contributed by atoms with van der Waals surface area (Å²) >= 11 is 0. The molecule has 0 bridgehead atoms. The van der Waals surface area contributed by atoms with E-state index in [-0.39, 0.29) is 12.6 Å². The number of hydrogen-bond acceptors (Lipinski definition) is 2. The van der Waals surface area contributed by atoms with Gasteiger partial charge in [0.2, 0.25) is 0 Å². The van der Waals surface area contributed by atoms with E-state index in [4.69, 9.17) is 0 Å². The number of piperidine rings is 1. The number of carboxylic acids is 1. The molecule has 0 atom stereocenters. The smallest absolute Gasteiger partial charge is 0.317 e. The second-order valence-corrected chi connectivity index (χ2v) is 6.17. The predicted molar refractivity (Wildman–Crippen MR) is 83.3 cm³/mol. The average molecular weight is 298 g/mol. The van der Waals surface area contributed by atoms with Crippen molar-refractivity contribution in [3.05, 3.63) is 0 Å². The van der Waals surface area contributed by atoms with Gasteiger partial charge in [0.05, 0.1) is 5.41 Å². The Bertz CT molecular complexity index is 345. The number of carboxylic acid groups (broad SMARTS) is 1. The van der Waals surface area contributed by atoms with Crippen LogP contribution < -0.4 is 5.32 Å². The monoisotopic (exact) mass is 298 g/mol. The first-order chi connectivity index (χ1) is 9.99. The molecule has 1 heterocycles. The molecule has 0 unspecified atom stereocenters. The van der Waals surface area contributed by atoms with E-state index in [0.29, 0.717) is 12.8 Å². The summed E-state index contributed by atoms with van der Waals surface area (Å²) < 4.78 is 0. The maximum Gasteiger partial charge on any atom is 0.317 e. The number of carbonyl (C=O) groups is 2. The third kappa shape index (κ3) is 4.61. The molecule has 2 N–H and O–H groups in total.